The highest BCUT2D eigenvalue weighted by Crippen LogP contribution is 2.03. The summed E-state index contributed by atoms with van der Waals surface area (Å²) in [5.74, 6) is -0.482. The van der Waals surface area contributed by atoms with E-state index in [9.17, 15) is 9.59 Å². The molecule has 0 aromatic heterocycles. The molecule has 0 saturated carbocycles. The Morgan fingerprint density at radius 1 is 1.06 bits per heavy atom. The zero-order valence-corrected chi connectivity index (χ0v) is 10.2. The Morgan fingerprint density at radius 2 is 1.69 bits per heavy atom. The molecule has 0 saturated heterocycles. The Hall–Kier alpha value is -1.10. The van der Waals surface area contributed by atoms with Gasteiger partial charge in [-0.15, -0.1) is 0 Å². The number of carbonyl (C=O) groups is 2. The fraction of sp³-hybridized carbons (Fsp3) is 0.818. The van der Waals surface area contributed by atoms with Crippen molar-refractivity contribution < 1.29 is 23.8 Å². The van der Waals surface area contributed by atoms with Gasteiger partial charge in [-0.05, 0) is 19.8 Å². The van der Waals surface area contributed by atoms with Crippen LogP contribution in [0.3, 0.4) is 0 Å². The van der Waals surface area contributed by atoms with Crippen LogP contribution in [0.25, 0.3) is 0 Å². The van der Waals surface area contributed by atoms with E-state index in [0.717, 1.165) is 12.8 Å². The smallest absolute Gasteiger partial charge is 0.308 e. The van der Waals surface area contributed by atoms with Crippen molar-refractivity contribution in [2.75, 3.05) is 20.8 Å². The molecule has 0 fully saturated rings. The van der Waals surface area contributed by atoms with Crippen LogP contribution in [0.4, 0.5) is 0 Å². The highest BCUT2D eigenvalue weighted by molar-refractivity contribution is 5.69. The van der Waals surface area contributed by atoms with Crippen molar-refractivity contribution in [3.63, 3.8) is 0 Å². The van der Waals surface area contributed by atoms with Crippen LogP contribution < -0.4 is 0 Å². The molecule has 5 heteroatoms. The molecular weight excluding hydrogens is 212 g/mol. The first-order valence-corrected chi connectivity index (χ1v) is 5.35. The average Bonchev–Trinajstić information content (AvgIpc) is 2.27. The highest BCUT2D eigenvalue weighted by Gasteiger charge is 2.09. The molecule has 0 N–H and O–H groups in total. The Balaban J connectivity index is 3.37. The van der Waals surface area contributed by atoms with Gasteiger partial charge in [-0.1, -0.05) is 0 Å². The van der Waals surface area contributed by atoms with Gasteiger partial charge in [-0.3, -0.25) is 9.59 Å². The normalized spacial score (nSPS) is 11.9. The molecule has 0 rings (SSSR count). The molecule has 16 heavy (non-hydrogen) atoms. The minimum Gasteiger partial charge on any atom is -0.469 e. The molecule has 1 atom stereocenters. The van der Waals surface area contributed by atoms with Crippen molar-refractivity contribution in [2.45, 2.75) is 38.7 Å². The van der Waals surface area contributed by atoms with Crippen LogP contribution in [0.2, 0.25) is 0 Å². The van der Waals surface area contributed by atoms with Crippen LogP contribution in [0, 0.1) is 0 Å². The third-order valence-electron chi connectivity index (χ3n) is 2.09. The van der Waals surface area contributed by atoms with E-state index in [4.69, 9.17) is 4.74 Å². The van der Waals surface area contributed by atoms with Crippen molar-refractivity contribution in [3.8, 4) is 0 Å². The lowest BCUT2D eigenvalue weighted by Crippen LogP contribution is -2.16. The van der Waals surface area contributed by atoms with Gasteiger partial charge in [0.25, 0.3) is 0 Å². The van der Waals surface area contributed by atoms with Gasteiger partial charge in [0, 0.05) is 13.0 Å². The maximum atomic E-state index is 10.9. The summed E-state index contributed by atoms with van der Waals surface area (Å²) in [6, 6.07) is 0. The fourth-order valence-electron chi connectivity index (χ4n) is 1.13. The molecule has 0 radical (unpaired) electrons. The molecule has 94 valence electrons. The van der Waals surface area contributed by atoms with E-state index in [-0.39, 0.29) is 24.5 Å². The Labute approximate surface area is 96.1 Å². The predicted molar refractivity (Wildman–Crippen MR) is 57.9 cm³/mol. The predicted octanol–water partition coefficient (Wildman–Crippen LogP) is 1.30. The van der Waals surface area contributed by atoms with Crippen molar-refractivity contribution >= 4 is 11.9 Å². The van der Waals surface area contributed by atoms with Gasteiger partial charge in [-0.2, -0.15) is 0 Å². The van der Waals surface area contributed by atoms with Crippen LogP contribution in [0.15, 0.2) is 0 Å². The van der Waals surface area contributed by atoms with Crippen LogP contribution in [0.5, 0.6) is 0 Å². The second-order valence-corrected chi connectivity index (χ2v) is 3.49. The third kappa shape index (κ3) is 8.23. The monoisotopic (exact) mass is 232 g/mol. The van der Waals surface area contributed by atoms with Crippen LogP contribution >= 0.6 is 0 Å². The summed E-state index contributed by atoms with van der Waals surface area (Å²) in [6.07, 6.45) is 2.03. The number of methoxy groups -OCH3 is 2. The van der Waals surface area contributed by atoms with Crippen LogP contribution in [-0.4, -0.2) is 38.9 Å². The van der Waals surface area contributed by atoms with E-state index < -0.39 is 0 Å². The van der Waals surface area contributed by atoms with Gasteiger partial charge in [0.2, 0.25) is 0 Å². The van der Waals surface area contributed by atoms with Gasteiger partial charge < -0.3 is 14.2 Å². The average molecular weight is 232 g/mol. The molecule has 0 aromatic carbocycles. The lowest BCUT2D eigenvalue weighted by Gasteiger charge is -2.11. The van der Waals surface area contributed by atoms with Gasteiger partial charge in [0.15, 0.2) is 0 Å². The Morgan fingerprint density at radius 3 is 2.25 bits per heavy atom. The third-order valence-corrected chi connectivity index (χ3v) is 2.09. The summed E-state index contributed by atoms with van der Waals surface area (Å²) < 4.78 is 14.4. The molecule has 0 heterocycles. The molecule has 0 amide bonds. The van der Waals surface area contributed by atoms with Gasteiger partial charge in [0.05, 0.1) is 26.7 Å². The first-order chi connectivity index (χ1) is 7.60. The van der Waals surface area contributed by atoms with Gasteiger partial charge >= 0.3 is 11.9 Å². The van der Waals surface area contributed by atoms with Gasteiger partial charge in [0.1, 0.15) is 0 Å². The van der Waals surface area contributed by atoms with Gasteiger partial charge in [-0.25, -0.2) is 0 Å². The number of esters is 2. The maximum absolute atomic E-state index is 10.9. The van der Waals surface area contributed by atoms with E-state index >= 15 is 0 Å². The molecule has 5 nitrogen and oxygen atoms in total. The molecule has 0 bridgehead atoms. The number of hydrogen-bond donors (Lipinski definition) is 0. The number of carbonyl (C=O) groups excluding carboxylic acids is 2. The minimum atomic E-state index is -0.276. The molecule has 0 aromatic rings. The molecule has 0 aliphatic carbocycles. The molecule has 0 spiro atoms. The first kappa shape index (κ1) is 14.9. The molecular formula is C11H20O5. The standard InChI is InChI=1S/C11H20O5/c1-9(8-11(13)15-3)16-7-5-4-6-10(12)14-2/h9H,4-8H2,1-3H3. The number of ether oxygens (including phenoxy) is 3. The number of hydrogen-bond acceptors (Lipinski definition) is 5. The Kier molecular flexibility index (Phi) is 8.52. The fourth-order valence-corrected chi connectivity index (χ4v) is 1.13. The van der Waals surface area contributed by atoms with E-state index in [1.165, 1.54) is 14.2 Å². The first-order valence-electron chi connectivity index (χ1n) is 5.35. The zero-order chi connectivity index (χ0) is 12.4. The minimum absolute atomic E-state index is 0.148. The molecule has 0 aliphatic rings. The molecule has 0 aliphatic heterocycles. The molecule has 1 unspecified atom stereocenters. The summed E-state index contributed by atoms with van der Waals surface area (Å²) in [7, 11) is 2.72. The largest absolute Gasteiger partial charge is 0.469 e. The van der Waals surface area contributed by atoms with E-state index in [2.05, 4.69) is 9.47 Å². The van der Waals surface area contributed by atoms with Crippen molar-refractivity contribution in [3.05, 3.63) is 0 Å². The number of rotatable bonds is 8. The Bertz CT molecular complexity index is 214. The summed E-state index contributed by atoms with van der Waals surface area (Å²) in [5, 5.41) is 0. The SMILES string of the molecule is COC(=O)CCCCOC(C)CC(=O)OC. The van der Waals surface area contributed by atoms with Crippen LogP contribution in [0.1, 0.15) is 32.6 Å². The van der Waals surface area contributed by atoms with Crippen molar-refractivity contribution in [1.82, 2.24) is 0 Å². The zero-order valence-electron chi connectivity index (χ0n) is 10.2. The van der Waals surface area contributed by atoms with E-state index in [1.54, 1.807) is 0 Å². The number of unbranched alkanes of at least 4 members (excludes halogenated alkanes) is 1. The van der Waals surface area contributed by atoms with Crippen molar-refractivity contribution in [1.29, 1.82) is 0 Å². The van der Waals surface area contributed by atoms with E-state index in [1.807, 2.05) is 6.92 Å². The summed E-state index contributed by atoms with van der Waals surface area (Å²) >= 11 is 0. The van der Waals surface area contributed by atoms with Crippen molar-refractivity contribution in [2.24, 2.45) is 0 Å². The van der Waals surface area contributed by atoms with Crippen LogP contribution in [-0.2, 0) is 23.8 Å². The topological polar surface area (TPSA) is 61.8 Å². The second-order valence-electron chi connectivity index (χ2n) is 3.49. The lowest BCUT2D eigenvalue weighted by atomic mass is 10.2. The highest BCUT2D eigenvalue weighted by atomic mass is 16.5. The summed E-state index contributed by atoms with van der Waals surface area (Å²) in [6.45, 7) is 2.35. The summed E-state index contributed by atoms with van der Waals surface area (Å²) in [5.41, 5.74) is 0. The second kappa shape index (κ2) is 9.15. The lowest BCUT2D eigenvalue weighted by molar-refractivity contribution is -0.143. The summed E-state index contributed by atoms with van der Waals surface area (Å²) in [4.78, 5) is 21.6. The van der Waals surface area contributed by atoms with E-state index in [0.29, 0.717) is 13.0 Å². The quantitative estimate of drug-likeness (QED) is 0.466. The maximum Gasteiger partial charge on any atom is 0.308 e.